The van der Waals surface area contributed by atoms with Crippen molar-refractivity contribution in [2.45, 2.75) is 6.92 Å². The molecule has 0 unspecified atom stereocenters. The maximum atomic E-state index is 3.46. The number of allylic oxidation sites excluding steroid dienone is 3. The molecule has 0 saturated heterocycles. The van der Waals surface area contributed by atoms with Crippen molar-refractivity contribution < 1.29 is 93.6 Å². The maximum absolute atomic E-state index is 3.46. The van der Waals surface area contributed by atoms with Crippen LogP contribution in [0.2, 0.25) is 0 Å². The molecular weight excluding hydrogens is 501 g/mol. The van der Waals surface area contributed by atoms with E-state index in [0.717, 1.165) is 0 Å². The molecule has 0 saturated carbocycles. The molecule has 0 heterocycles. The summed E-state index contributed by atoms with van der Waals surface area (Å²) < 4.78 is 0. The van der Waals surface area contributed by atoms with Crippen molar-refractivity contribution in [3.05, 3.63) is 32.2 Å². The van der Waals surface area contributed by atoms with Crippen molar-refractivity contribution in [1.29, 1.82) is 0 Å². The Morgan fingerprint density at radius 3 is 1.40 bits per heavy atom. The molecule has 10 heavy (non-hydrogen) atoms. The Morgan fingerprint density at radius 1 is 1.10 bits per heavy atom. The molecule has 0 aromatic carbocycles. The average Bonchev–Trinajstić information content (AvgIpc) is 1.41. The van der Waals surface area contributed by atoms with Crippen LogP contribution in [-0.4, -0.2) is 0 Å². The normalized spacial score (nSPS) is 4.50. The molecule has 0 aliphatic rings. The van der Waals surface area contributed by atoms with Gasteiger partial charge in [-0.3, -0.25) is 0 Å². The van der Waals surface area contributed by atoms with E-state index in [4.69, 9.17) is 0 Å². The van der Waals surface area contributed by atoms with Crippen LogP contribution in [-0.2, 0) is 21.7 Å². The molecule has 4 heteroatoms. The van der Waals surface area contributed by atoms with Crippen LogP contribution in [0.1, 0.15) is 6.92 Å². The summed E-state index contributed by atoms with van der Waals surface area (Å²) in [6.07, 6.45) is 5.58. The Labute approximate surface area is 131 Å². The molecule has 0 rings (SSSR count). The fourth-order valence-electron chi connectivity index (χ4n) is 0.136. The van der Waals surface area contributed by atoms with Gasteiger partial charge in [0.2, 0.25) is 0 Å². The van der Waals surface area contributed by atoms with Gasteiger partial charge in [0, 0.05) is 0 Å². The fourth-order valence-corrected chi connectivity index (χ4v) is 0.136. The fraction of sp³-hybridized carbons (Fsp3) is 0.167. The first-order valence-corrected chi connectivity index (χ1v) is 1.65. The first kappa shape index (κ1) is 39.4. The van der Waals surface area contributed by atoms with Crippen molar-refractivity contribution in [2.24, 2.45) is 0 Å². The third-order valence-corrected chi connectivity index (χ3v) is 0.329. The van der Waals surface area contributed by atoms with E-state index in [2.05, 4.69) is 6.58 Å². The largest absolute Gasteiger partial charge is 4.00 e. The van der Waals surface area contributed by atoms with Crippen LogP contribution < -0.4 is 71.9 Å². The molecule has 0 aliphatic heterocycles. The molecule has 0 nitrogen and oxygen atoms in total. The third kappa shape index (κ3) is 47.6. The maximum Gasteiger partial charge on any atom is 4.00 e. The SMILES string of the molecule is C=CC=CC.[CH3-].[I-].[I-].[I-].[Ti+4]. The standard InChI is InChI=1S/C5H8.CH3.3HI.Ti/c1-3-5-4-2;;;;;/h3-5H,1H2,2H3;1H3;3*1H;/q;-1;;;;+4/p-3. The van der Waals surface area contributed by atoms with E-state index in [9.17, 15) is 0 Å². The van der Waals surface area contributed by atoms with Crippen molar-refractivity contribution in [3.63, 3.8) is 0 Å². The summed E-state index contributed by atoms with van der Waals surface area (Å²) in [6.45, 7) is 5.42. The summed E-state index contributed by atoms with van der Waals surface area (Å²) in [5.74, 6) is 0. The second kappa shape index (κ2) is 42.3. The molecule has 60 valence electrons. The van der Waals surface area contributed by atoms with Crippen LogP contribution >= 0.6 is 0 Å². The molecule has 0 amide bonds. The van der Waals surface area contributed by atoms with Gasteiger partial charge in [-0.25, -0.2) is 0 Å². The van der Waals surface area contributed by atoms with Crippen molar-refractivity contribution in [1.82, 2.24) is 0 Å². The van der Waals surface area contributed by atoms with Crippen LogP contribution in [0.5, 0.6) is 0 Å². The second-order valence-corrected chi connectivity index (χ2v) is 0.761. The monoisotopic (exact) mass is 512 g/mol. The summed E-state index contributed by atoms with van der Waals surface area (Å²) in [5.41, 5.74) is 0. The summed E-state index contributed by atoms with van der Waals surface area (Å²) in [7, 11) is 0. The van der Waals surface area contributed by atoms with E-state index in [1.807, 2.05) is 19.1 Å². The zero-order valence-corrected chi connectivity index (χ0v) is 14.1. The van der Waals surface area contributed by atoms with Gasteiger partial charge in [0.05, 0.1) is 0 Å². The van der Waals surface area contributed by atoms with Crippen molar-refractivity contribution >= 4 is 0 Å². The average molecular weight is 512 g/mol. The van der Waals surface area contributed by atoms with Crippen LogP contribution in [0.15, 0.2) is 24.8 Å². The van der Waals surface area contributed by atoms with E-state index in [1.165, 1.54) is 0 Å². The van der Waals surface area contributed by atoms with E-state index < -0.39 is 0 Å². The smallest absolute Gasteiger partial charge is 1.00 e. The minimum atomic E-state index is 0. The molecule has 0 bridgehead atoms. The van der Waals surface area contributed by atoms with E-state index in [-0.39, 0.29) is 101 Å². The number of hydrogen-bond donors (Lipinski definition) is 0. The van der Waals surface area contributed by atoms with Crippen LogP contribution in [0.3, 0.4) is 0 Å². The summed E-state index contributed by atoms with van der Waals surface area (Å²) in [6, 6.07) is 0. The van der Waals surface area contributed by atoms with Gasteiger partial charge >= 0.3 is 21.7 Å². The van der Waals surface area contributed by atoms with E-state index in [1.54, 1.807) is 6.08 Å². The molecule has 0 spiro atoms. The quantitative estimate of drug-likeness (QED) is 0.142. The Morgan fingerprint density at radius 2 is 1.40 bits per heavy atom. The van der Waals surface area contributed by atoms with Crippen molar-refractivity contribution in [3.8, 4) is 0 Å². The van der Waals surface area contributed by atoms with Gasteiger partial charge in [-0.15, -0.1) is 0 Å². The van der Waals surface area contributed by atoms with Gasteiger partial charge in [-0.05, 0) is 6.92 Å². The molecule has 0 radical (unpaired) electrons. The van der Waals surface area contributed by atoms with Crippen molar-refractivity contribution in [2.75, 3.05) is 0 Å². The van der Waals surface area contributed by atoms with E-state index >= 15 is 0 Å². The molecule has 0 aromatic rings. The molecule has 0 aliphatic carbocycles. The molecular formula is C6H11I3Ti. The molecule has 0 N–H and O–H groups in total. The van der Waals surface area contributed by atoms with Gasteiger partial charge in [-0.1, -0.05) is 24.8 Å². The summed E-state index contributed by atoms with van der Waals surface area (Å²) in [5, 5.41) is 0. The number of halogens is 3. The van der Waals surface area contributed by atoms with Gasteiger partial charge in [-0.2, -0.15) is 0 Å². The molecule has 0 aromatic heterocycles. The van der Waals surface area contributed by atoms with Gasteiger partial charge in [0.15, 0.2) is 0 Å². The zero-order valence-electron chi connectivity index (χ0n) is 6.07. The van der Waals surface area contributed by atoms with Gasteiger partial charge in [0.25, 0.3) is 0 Å². The van der Waals surface area contributed by atoms with Gasteiger partial charge < -0.3 is 79.4 Å². The summed E-state index contributed by atoms with van der Waals surface area (Å²) >= 11 is 0. The van der Waals surface area contributed by atoms with Gasteiger partial charge in [0.1, 0.15) is 0 Å². The Balaban J connectivity index is -0.00000000800. The third-order valence-electron chi connectivity index (χ3n) is 0.329. The molecule has 0 fully saturated rings. The van der Waals surface area contributed by atoms with Crippen LogP contribution in [0, 0.1) is 7.43 Å². The van der Waals surface area contributed by atoms with E-state index in [0.29, 0.717) is 0 Å². The minimum absolute atomic E-state index is 0. The summed E-state index contributed by atoms with van der Waals surface area (Å²) in [4.78, 5) is 0. The zero-order chi connectivity index (χ0) is 4.12. The number of rotatable bonds is 1. The predicted molar refractivity (Wildman–Crippen MR) is 31.4 cm³/mol. The predicted octanol–water partition coefficient (Wildman–Crippen LogP) is -6.79. The number of hydrogen-bond acceptors (Lipinski definition) is 0. The molecule has 0 atom stereocenters. The Hall–Kier alpha value is 2.38. The Bertz CT molecular complexity index is 55.0. The first-order valence-electron chi connectivity index (χ1n) is 1.65. The topological polar surface area (TPSA) is 0 Å². The van der Waals surface area contributed by atoms with Crippen LogP contribution in [0.25, 0.3) is 0 Å². The Kier molecular flexibility index (Phi) is 167. The first-order chi connectivity index (χ1) is 2.41. The minimum Gasteiger partial charge on any atom is -1.00 e. The van der Waals surface area contributed by atoms with Crippen LogP contribution in [0.4, 0.5) is 0 Å². The second-order valence-electron chi connectivity index (χ2n) is 0.761.